The molecule has 2 aliphatic rings. The van der Waals surface area contributed by atoms with Crippen LogP contribution in [0.25, 0.3) is 5.69 Å². The summed E-state index contributed by atoms with van der Waals surface area (Å²) in [5.74, 6) is 2.12. The first-order valence-corrected chi connectivity index (χ1v) is 7.34. The number of nitrogens with one attached hydrogen (secondary N) is 1. The van der Waals surface area contributed by atoms with Gasteiger partial charge in [-0.1, -0.05) is 6.07 Å². The number of rotatable bonds is 3. The fourth-order valence-corrected chi connectivity index (χ4v) is 3.42. The predicted molar refractivity (Wildman–Crippen MR) is 78.7 cm³/mol. The summed E-state index contributed by atoms with van der Waals surface area (Å²) in [6, 6.07) is 12.0. The Morgan fingerprint density at radius 2 is 1.80 bits per heavy atom. The molecular formula is C17H18N2O. The third kappa shape index (κ3) is 2.13. The van der Waals surface area contributed by atoms with Crippen molar-refractivity contribution in [1.82, 2.24) is 4.57 Å². The average molecular weight is 266 g/mol. The van der Waals surface area contributed by atoms with Crippen LogP contribution in [0, 0.1) is 17.8 Å². The van der Waals surface area contributed by atoms with E-state index in [-0.39, 0.29) is 11.8 Å². The highest BCUT2D eigenvalue weighted by atomic mass is 16.1. The Labute approximate surface area is 118 Å². The maximum absolute atomic E-state index is 12.3. The number of nitrogens with zero attached hydrogens (tertiary/aromatic N) is 1. The summed E-state index contributed by atoms with van der Waals surface area (Å²) in [7, 11) is 0. The molecule has 2 aliphatic carbocycles. The number of anilines is 1. The van der Waals surface area contributed by atoms with Crippen LogP contribution in [-0.4, -0.2) is 10.5 Å². The Hall–Kier alpha value is -2.03. The number of hydrogen-bond acceptors (Lipinski definition) is 1. The molecule has 1 aromatic heterocycles. The second-order valence-electron chi connectivity index (χ2n) is 6.05. The standard InChI is InChI=1S/C17H18N2O/c20-17(14-9-12-8-13(12)10-14)18-15-4-3-5-16(11-15)19-6-1-2-7-19/h1-7,11-14H,8-10H2,(H,18,20). The normalized spacial score (nSPS) is 27.1. The molecule has 3 heteroatoms. The summed E-state index contributed by atoms with van der Waals surface area (Å²) in [4.78, 5) is 12.3. The van der Waals surface area contributed by atoms with Gasteiger partial charge >= 0.3 is 0 Å². The quantitative estimate of drug-likeness (QED) is 0.907. The highest BCUT2D eigenvalue weighted by Gasteiger charge is 2.47. The minimum absolute atomic E-state index is 0.196. The van der Waals surface area contributed by atoms with E-state index in [1.54, 1.807) is 0 Å². The molecule has 3 nitrogen and oxygen atoms in total. The van der Waals surface area contributed by atoms with Crippen LogP contribution in [0.2, 0.25) is 0 Å². The molecule has 2 saturated carbocycles. The molecule has 102 valence electrons. The maximum Gasteiger partial charge on any atom is 0.227 e. The number of fused-ring (bicyclic) bond motifs is 1. The third-order valence-electron chi connectivity index (χ3n) is 4.63. The molecule has 0 aliphatic heterocycles. The van der Waals surface area contributed by atoms with Gasteiger partial charge in [0.2, 0.25) is 5.91 Å². The Bertz CT molecular complexity index is 622. The predicted octanol–water partition coefficient (Wildman–Crippen LogP) is 3.46. The minimum atomic E-state index is 0.196. The molecule has 2 aromatic rings. The van der Waals surface area contributed by atoms with Crippen molar-refractivity contribution in [3.8, 4) is 5.69 Å². The largest absolute Gasteiger partial charge is 0.326 e. The monoisotopic (exact) mass is 266 g/mol. The van der Waals surface area contributed by atoms with Gasteiger partial charge in [0.05, 0.1) is 0 Å². The van der Waals surface area contributed by atoms with E-state index in [4.69, 9.17) is 0 Å². The smallest absolute Gasteiger partial charge is 0.227 e. The van der Waals surface area contributed by atoms with Crippen LogP contribution >= 0.6 is 0 Å². The SMILES string of the molecule is O=C(Nc1cccc(-n2cccc2)c1)C1CC2CC2C1. The molecular weight excluding hydrogens is 248 g/mol. The average Bonchev–Trinajstić information content (AvgIpc) is 2.91. The Kier molecular flexibility index (Phi) is 2.66. The number of benzene rings is 1. The third-order valence-corrected chi connectivity index (χ3v) is 4.63. The van der Waals surface area contributed by atoms with Crippen molar-refractivity contribution in [2.24, 2.45) is 17.8 Å². The second kappa shape index (κ2) is 4.51. The molecule has 4 rings (SSSR count). The highest BCUT2D eigenvalue weighted by Crippen LogP contribution is 2.54. The van der Waals surface area contributed by atoms with Crippen molar-refractivity contribution in [2.75, 3.05) is 5.32 Å². The molecule has 1 aromatic carbocycles. The molecule has 0 spiro atoms. The van der Waals surface area contributed by atoms with Crippen LogP contribution in [0.1, 0.15) is 19.3 Å². The number of hydrogen-bond donors (Lipinski definition) is 1. The molecule has 0 radical (unpaired) electrons. The van der Waals surface area contributed by atoms with Crippen molar-refractivity contribution in [3.05, 3.63) is 48.8 Å². The molecule has 2 atom stereocenters. The number of carbonyl (C=O) groups is 1. The van der Waals surface area contributed by atoms with Crippen LogP contribution in [0.4, 0.5) is 5.69 Å². The second-order valence-corrected chi connectivity index (χ2v) is 6.05. The molecule has 0 bridgehead atoms. The lowest BCUT2D eigenvalue weighted by atomic mass is 10.0. The van der Waals surface area contributed by atoms with Gasteiger partial charge in [0.25, 0.3) is 0 Å². The zero-order chi connectivity index (χ0) is 13.5. The molecule has 20 heavy (non-hydrogen) atoms. The van der Waals surface area contributed by atoms with E-state index in [1.807, 2.05) is 53.4 Å². The van der Waals surface area contributed by atoms with Gasteiger partial charge in [0.15, 0.2) is 0 Å². The first kappa shape index (κ1) is 11.8. The van der Waals surface area contributed by atoms with Crippen LogP contribution in [0.15, 0.2) is 48.8 Å². The van der Waals surface area contributed by atoms with Crippen molar-refractivity contribution < 1.29 is 4.79 Å². The Morgan fingerprint density at radius 1 is 1.05 bits per heavy atom. The van der Waals surface area contributed by atoms with E-state index < -0.39 is 0 Å². The van der Waals surface area contributed by atoms with Crippen LogP contribution in [0.5, 0.6) is 0 Å². The lowest BCUT2D eigenvalue weighted by molar-refractivity contribution is -0.120. The first-order valence-electron chi connectivity index (χ1n) is 7.34. The van der Waals surface area contributed by atoms with Gasteiger partial charge in [-0.2, -0.15) is 0 Å². The van der Waals surface area contributed by atoms with E-state index in [9.17, 15) is 4.79 Å². The number of carbonyl (C=O) groups excluding carboxylic acids is 1. The summed E-state index contributed by atoms with van der Waals surface area (Å²) in [6.45, 7) is 0. The maximum atomic E-state index is 12.3. The van der Waals surface area contributed by atoms with Crippen LogP contribution < -0.4 is 5.32 Å². The van der Waals surface area contributed by atoms with Gasteiger partial charge < -0.3 is 9.88 Å². The molecule has 2 fully saturated rings. The highest BCUT2D eigenvalue weighted by molar-refractivity contribution is 5.93. The summed E-state index contributed by atoms with van der Waals surface area (Å²) in [6.07, 6.45) is 7.55. The van der Waals surface area contributed by atoms with Gasteiger partial charge in [-0.3, -0.25) is 4.79 Å². The van der Waals surface area contributed by atoms with Crippen LogP contribution in [0.3, 0.4) is 0 Å². The Balaban J connectivity index is 1.48. The van der Waals surface area contributed by atoms with E-state index in [2.05, 4.69) is 5.32 Å². The van der Waals surface area contributed by atoms with Gasteiger partial charge in [-0.25, -0.2) is 0 Å². The van der Waals surface area contributed by atoms with E-state index in [0.29, 0.717) is 0 Å². The lowest BCUT2D eigenvalue weighted by Crippen LogP contribution is -2.21. The zero-order valence-corrected chi connectivity index (χ0v) is 11.3. The molecule has 0 saturated heterocycles. The van der Waals surface area contributed by atoms with Crippen molar-refractivity contribution in [3.63, 3.8) is 0 Å². The van der Waals surface area contributed by atoms with Gasteiger partial charge in [0.1, 0.15) is 0 Å². The minimum Gasteiger partial charge on any atom is -0.326 e. The summed E-state index contributed by atoms with van der Waals surface area (Å²) in [5, 5.41) is 3.08. The summed E-state index contributed by atoms with van der Waals surface area (Å²) in [5.41, 5.74) is 1.96. The fourth-order valence-electron chi connectivity index (χ4n) is 3.42. The number of aromatic nitrogens is 1. The van der Waals surface area contributed by atoms with Crippen LogP contribution in [-0.2, 0) is 4.79 Å². The summed E-state index contributed by atoms with van der Waals surface area (Å²) >= 11 is 0. The van der Waals surface area contributed by atoms with E-state index >= 15 is 0 Å². The topological polar surface area (TPSA) is 34.0 Å². The Morgan fingerprint density at radius 3 is 2.55 bits per heavy atom. The number of amides is 1. The van der Waals surface area contributed by atoms with Gasteiger partial charge in [0, 0.05) is 29.7 Å². The lowest BCUT2D eigenvalue weighted by Gasteiger charge is -2.13. The molecule has 1 heterocycles. The van der Waals surface area contributed by atoms with Crippen molar-refractivity contribution in [2.45, 2.75) is 19.3 Å². The van der Waals surface area contributed by atoms with Crippen molar-refractivity contribution in [1.29, 1.82) is 0 Å². The van der Waals surface area contributed by atoms with E-state index in [1.165, 1.54) is 6.42 Å². The van der Waals surface area contributed by atoms with Gasteiger partial charge in [-0.15, -0.1) is 0 Å². The first-order chi connectivity index (χ1) is 9.79. The van der Waals surface area contributed by atoms with E-state index in [0.717, 1.165) is 36.1 Å². The van der Waals surface area contributed by atoms with Gasteiger partial charge in [-0.05, 0) is 61.4 Å². The van der Waals surface area contributed by atoms with Crippen molar-refractivity contribution >= 4 is 11.6 Å². The molecule has 1 N–H and O–H groups in total. The molecule has 1 amide bonds. The fraction of sp³-hybridized carbons (Fsp3) is 0.353. The summed E-state index contributed by atoms with van der Waals surface area (Å²) < 4.78 is 2.04. The molecule has 2 unspecified atom stereocenters. The zero-order valence-electron chi connectivity index (χ0n) is 11.3.